The van der Waals surface area contributed by atoms with E-state index in [4.69, 9.17) is 0 Å². The minimum absolute atomic E-state index is 0.593. The molecule has 3 heterocycles. The van der Waals surface area contributed by atoms with Gasteiger partial charge in [-0.1, -0.05) is 0 Å². The van der Waals surface area contributed by atoms with Gasteiger partial charge >= 0.3 is 0 Å². The first kappa shape index (κ1) is 13.8. The fourth-order valence-corrected chi connectivity index (χ4v) is 4.44. The molecule has 4 heteroatoms. The molecule has 1 aliphatic carbocycles. The summed E-state index contributed by atoms with van der Waals surface area (Å²) in [6, 6.07) is 0. The van der Waals surface area contributed by atoms with E-state index in [-0.39, 0.29) is 0 Å². The average molecular weight is 288 g/mol. The highest BCUT2D eigenvalue weighted by atomic mass is 15.3. The number of hydrogen-bond acceptors (Lipinski definition) is 3. The standard InChI is InChI=1S/C17H28N4/c1-19-10-16(9-18-19)12-21-8-6-17(14-21)5-2-7-20(13-17)11-15-3-4-15/h9-10,15H,2-8,11-14H2,1H3/t17-/m1/s1. The topological polar surface area (TPSA) is 24.3 Å². The zero-order valence-corrected chi connectivity index (χ0v) is 13.3. The van der Waals surface area contributed by atoms with E-state index in [2.05, 4.69) is 21.1 Å². The molecule has 0 unspecified atom stereocenters. The highest BCUT2D eigenvalue weighted by Gasteiger charge is 2.42. The van der Waals surface area contributed by atoms with Crippen LogP contribution in [0.4, 0.5) is 0 Å². The van der Waals surface area contributed by atoms with Crippen molar-refractivity contribution in [1.29, 1.82) is 0 Å². The molecular formula is C17H28N4. The summed E-state index contributed by atoms with van der Waals surface area (Å²) in [6.45, 7) is 7.73. The van der Waals surface area contributed by atoms with Crippen molar-refractivity contribution in [3.8, 4) is 0 Å². The molecule has 2 saturated heterocycles. The lowest BCUT2D eigenvalue weighted by Crippen LogP contribution is -2.45. The molecule has 4 rings (SSSR count). The predicted octanol–water partition coefficient (Wildman–Crippen LogP) is 2.12. The summed E-state index contributed by atoms with van der Waals surface area (Å²) in [5, 5.41) is 4.30. The van der Waals surface area contributed by atoms with E-state index < -0.39 is 0 Å². The number of aryl methyl sites for hydroxylation is 1. The van der Waals surface area contributed by atoms with Gasteiger partial charge in [-0.05, 0) is 56.5 Å². The van der Waals surface area contributed by atoms with Gasteiger partial charge < -0.3 is 4.90 Å². The highest BCUT2D eigenvalue weighted by Crippen LogP contribution is 2.40. The van der Waals surface area contributed by atoms with Crippen LogP contribution in [0, 0.1) is 11.3 Å². The Morgan fingerprint density at radius 2 is 2.05 bits per heavy atom. The molecule has 0 aromatic carbocycles. The SMILES string of the molecule is Cn1cc(CN2CC[C@@]3(CCCN(CC4CC4)C3)C2)cn1. The molecule has 1 spiro atoms. The Labute approximate surface area is 128 Å². The summed E-state index contributed by atoms with van der Waals surface area (Å²) >= 11 is 0. The summed E-state index contributed by atoms with van der Waals surface area (Å²) in [5.74, 6) is 1.04. The Hall–Kier alpha value is -0.870. The summed E-state index contributed by atoms with van der Waals surface area (Å²) in [5.41, 5.74) is 1.95. The third kappa shape index (κ3) is 3.16. The molecule has 1 saturated carbocycles. The van der Waals surface area contributed by atoms with Crippen LogP contribution in [0.15, 0.2) is 12.4 Å². The quantitative estimate of drug-likeness (QED) is 0.848. The Kier molecular flexibility index (Phi) is 3.54. The van der Waals surface area contributed by atoms with Crippen LogP contribution in [0.1, 0.15) is 37.7 Å². The second kappa shape index (κ2) is 5.40. The van der Waals surface area contributed by atoms with Gasteiger partial charge in [-0.25, -0.2) is 0 Å². The van der Waals surface area contributed by atoms with E-state index >= 15 is 0 Å². The largest absolute Gasteiger partial charge is 0.302 e. The smallest absolute Gasteiger partial charge is 0.0534 e. The number of aromatic nitrogens is 2. The monoisotopic (exact) mass is 288 g/mol. The van der Waals surface area contributed by atoms with Crippen molar-refractivity contribution in [2.75, 3.05) is 32.7 Å². The van der Waals surface area contributed by atoms with Crippen LogP contribution in [-0.4, -0.2) is 52.3 Å². The van der Waals surface area contributed by atoms with E-state index in [0.29, 0.717) is 5.41 Å². The fourth-order valence-electron chi connectivity index (χ4n) is 4.44. The maximum atomic E-state index is 4.30. The van der Waals surface area contributed by atoms with Crippen LogP contribution in [-0.2, 0) is 13.6 Å². The highest BCUT2D eigenvalue weighted by molar-refractivity contribution is 5.05. The molecule has 3 fully saturated rings. The van der Waals surface area contributed by atoms with Gasteiger partial charge in [0.25, 0.3) is 0 Å². The van der Waals surface area contributed by atoms with Crippen molar-refractivity contribution in [3.63, 3.8) is 0 Å². The first-order chi connectivity index (χ1) is 10.2. The third-order valence-electron chi connectivity index (χ3n) is 5.64. The molecule has 0 amide bonds. The van der Waals surface area contributed by atoms with Crippen molar-refractivity contribution in [3.05, 3.63) is 18.0 Å². The zero-order chi connectivity index (χ0) is 14.3. The van der Waals surface area contributed by atoms with Gasteiger partial charge in [0.05, 0.1) is 6.20 Å². The average Bonchev–Trinajstić information content (AvgIpc) is 3.06. The van der Waals surface area contributed by atoms with Gasteiger partial charge in [0.1, 0.15) is 0 Å². The Morgan fingerprint density at radius 1 is 1.19 bits per heavy atom. The summed E-state index contributed by atoms with van der Waals surface area (Å²) in [6.07, 6.45) is 11.4. The molecule has 0 N–H and O–H groups in total. The van der Waals surface area contributed by atoms with Crippen molar-refractivity contribution >= 4 is 0 Å². The molecule has 0 radical (unpaired) electrons. The summed E-state index contributed by atoms with van der Waals surface area (Å²) < 4.78 is 1.92. The minimum Gasteiger partial charge on any atom is -0.302 e. The van der Waals surface area contributed by atoms with Gasteiger partial charge in [0.15, 0.2) is 0 Å². The molecule has 1 aromatic heterocycles. The van der Waals surface area contributed by atoms with Crippen molar-refractivity contribution < 1.29 is 0 Å². The first-order valence-electron chi connectivity index (χ1n) is 8.63. The second-order valence-corrected chi connectivity index (χ2v) is 7.76. The number of rotatable bonds is 4. The van der Waals surface area contributed by atoms with Crippen LogP contribution >= 0.6 is 0 Å². The van der Waals surface area contributed by atoms with E-state index in [0.717, 1.165) is 12.5 Å². The fraction of sp³-hybridized carbons (Fsp3) is 0.824. The molecule has 21 heavy (non-hydrogen) atoms. The van der Waals surface area contributed by atoms with Crippen LogP contribution in [0.5, 0.6) is 0 Å². The minimum atomic E-state index is 0.593. The number of nitrogens with zero attached hydrogens (tertiary/aromatic N) is 4. The lowest BCUT2D eigenvalue weighted by atomic mass is 9.79. The van der Waals surface area contributed by atoms with Crippen LogP contribution in [0.3, 0.4) is 0 Å². The van der Waals surface area contributed by atoms with Crippen molar-refractivity contribution in [2.45, 2.75) is 38.6 Å². The van der Waals surface area contributed by atoms with Gasteiger partial charge in [-0.15, -0.1) is 0 Å². The summed E-state index contributed by atoms with van der Waals surface area (Å²) in [4.78, 5) is 5.42. The van der Waals surface area contributed by atoms with E-state index in [1.165, 1.54) is 70.4 Å². The van der Waals surface area contributed by atoms with Crippen LogP contribution in [0.25, 0.3) is 0 Å². The maximum absolute atomic E-state index is 4.30. The first-order valence-corrected chi connectivity index (χ1v) is 8.63. The van der Waals surface area contributed by atoms with Gasteiger partial charge in [-0.2, -0.15) is 5.10 Å². The van der Waals surface area contributed by atoms with Crippen LogP contribution < -0.4 is 0 Å². The molecule has 1 atom stereocenters. The zero-order valence-electron chi connectivity index (χ0n) is 13.3. The molecule has 1 aromatic rings. The summed E-state index contributed by atoms with van der Waals surface area (Å²) in [7, 11) is 2.01. The van der Waals surface area contributed by atoms with Gasteiger partial charge in [-0.3, -0.25) is 9.58 Å². The lowest BCUT2D eigenvalue weighted by molar-refractivity contribution is 0.0884. The van der Waals surface area contributed by atoms with Crippen LogP contribution in [0.2, 0.25) is 0 Å². The predicted molar refractivity (Wildman–Crippen MR) is 83.9 cm³/mol. The lowest BCUT2D eigenvalue weighted by Gasteiger charge is -2.40. The second-order valence-electron chi connectivity index (χ2n) is 7.76. The molecule has 4 nitrogen and oxygen atoms in total. The third-order valence-corrected chi connectivity index (χ3v) is 5.64. The molecule has 116 valence electrons. The van der Waals surface area contributed by atoms with Crippen molar-refractivity contribution in [2.24, 2.45) is 18.4 Å². The van der Waals surface area contributed by atoms with Crippen molar-refractivity contribution in [1.82, 2.24) is 19.6 Å². The maximum Gasteiger partial charge on any atom is 0.0534 e. The number of hydrogen-bond donors (Lipinski definition) is 0. The van der Waals surface area contributed by atoms with E-state index in [1.54, 1.807) is 0 Å². The molecule has 3 aliphatic rings. The Bertz CT molecular complexity index is 493. The molecule has 2 aliphatic heterocycles. The molecular weight excluding hydrogens is 260 g/mol. The van der Waals surface area contributed by atoms with Gasteiger partial charge in [0, 0.05) is 45.0 Å². The number of piperidine rings is 1. The number of likely N-dealkylation sites (tertiary alicyclic amines) is 2. The van der Waals surface area contributed by atoms with E-state index in [1.807, 2.05) is 17.9 Å². The molecule has 0 bridgehead atoms. The Morgan fingerprint density at radius 3 is 2.81 bits per heavy atom. The normalized spacial score (nSPS) is 31.3. The Balaban J connectivity index is 1.35. The van der Waals surface area contributed by atoms with E-state index in [9.17, 15) is 0 Å². The van der Waals surface area contributed by atoms with Gasteiger partial charge in [0.2, 0.25) is 0 Å².